The van der Waals surface area contributed by atoms with Crippen LogP contribution in [0, 0.1) is 17.6 Å². The zero-order chi connectivity index (χ0) is 18.5. The molecular formula is C23H25F2N. The lowest BCUT2D eigenvalue weighted by atomic mass is 9.78. The summed E-state index contributed by atoms with van der Waals surface area (Å²) in [4.78, 5) is 3.96. The average Bonchev–Trinajstić information content (AvgIpc) is 2.69. The summed E-state index contributed by atoms with van der Waals surface area (Å²) in [7, 11) is 0. The van der Waals surface area contributed by atoms with Gasteiger partial charge in [-0.1, -0.05) is 37.3 Å². The molecule has 0 N–H and O–H groups in total. The van der Waals surface area contributed by atoms with Crippen molar-refractivity contribution in [3.8, 4) is 11.1 Å². The number of hydrogen-bond acceptors (Lipinski definition) is 1. The molecule has 0 unspecified atom stereocenters. The van der Waals surface area contributed by atoms with E-state index in [1.165, 1.54) is 24.5 Å². The van der Waals surface area contributed by atoms with Gasteiger partial charge in [0.2, 0.25) is 0 Å². The second-order valence-electron chi connectivity index (χ2n) is 6.95. The minimum atomic E-state index is -0.890. The molecule has 0 aliphatic heterocycles. The van der Waals surface area contributed by atoms with Gasteiger partial charge < -0.3 is 0 Å². The summed E-state index contributed by atoms with van der Waals surface area (Å²) in [5.41, 5.74) is 2.29. The fraction of sp³-hybridized carbons (Fsp3) is 0.348. The zero-order valence-electron chi connectivity index (χ0n) is 15.2. The molecule has 0 aromatic heterocycles. The molecule has 26 heavy (non-hydrogen) atoms. The Hall–Kier alpha value is -2.29. The molecule has 0 amide bonds. The number of rotatable bonds is 5. The molecular weight excluding hydrogens is 328 g/mol. The average molecular weight is 353 g/mol. The molecule has 2 aromatic rings. The van der Waals surface area contributed by atoms with E-state index in [9.17, 15) is 8.78 Å². The van der Waals surface area contributed by atoms with Crippen LogP contribution in [0.15, 0.2) is 54.0 Å². The number of allylic oxidation sites excluding steroid dienone is 1. The van der Waals surface area contributed by atoms with Crippen LogP contribution in [0.5, 0.6) is 0 Å². The first kappa shape index (κ1) is 18.5. The molecule has 1 aliphatic carbocycles. The van der Waals surface area contributed by atoms with Crippen LogP contribution in [0.1, 0.15) is 50.5 Å². The molecule has 0 atom stereocenters. The quantitative estimate of drug-likeness (QED) is 0.398. The fourth-order valence-corrected chi connectivity index (χ4v) is 3.67. The largest absolute Gasteiger partial charge is 0.258 e. The van der Waals surface area contributed by atoms with Gasteiger partial charge in [-0.3, -0.25) is 4.99 Å². The summed E-state index contributed by atoms with van der Waals surface area (Å²) in [5.74, 6) is -0.543. The maximum absolute atomic E-state index is 14.5. The zero-order valence-corrected chi connectivity index (χ0v) is 15.2. The predicted molar refractivity (Wildman–Crippen MR) is 105 cm³/mol. The molecule has 1 aliphatic rings. The highest BCUT2D eigenvalue weighted by atomic mass is 19.2. The number of benzene rings is 2. The maximum atomic E-state index is 14.5. The lowest BCUT2D eigenvalue weighted by Gasteiger charge is -2.27. The lowest BCUT2D eigenvalue weighted by molar-refractivity contribution is 0.376. The van der Waals surface area contributed by atoms with Crippen LogP contribution in [0.4, 0.5) is 14.5 Å². The van der Waals surface area contributed by atoms with Gasteiger partial charge in [-0.15, -0.1) is 6.58 Å². The molecule has 1 fully saturated rings. The first-order valence-corrected chi connectivity index (χ1v) is 9.37. The van der Waals surface area contributed by atoms with Gasteiger partial charge in [-0.05, 0) is 67.2 Å². The number of halogens is 2. The van der Waals surface area contributed by atoms with E-state index < -0.39 is 11.6 Å². The van der Waals surface area contributed by atoms with Gasteiger partial charge in [0, 0.05) is 11.8 Å². The van der Waals surface area contributed by atoms with E-state index in [0.717, 1.165) is 12.8 Å². The van der Waals surface area contributed by atoms with Crippen LogP contribution in [0.2, 0.25) is 0 Å². The van der Waals surface area contributed by atoms with Crippen molar-refractivity contribution in [1.29, 1.82) is 0 Å². The Balaban J connectivity index is 1.79. The Morgan fingerprint density at radius 1 is 1.00 bits per heavy atom. The second kappa shape index (κ2) is 8.39. The highest BCUT2D eigenvalue weighted by molar-refractivity contribution is 5.69. The molecule has 0 radical (unpaired) electrons. The molecule has 0 heterocycles. The van der Waals surface area contributed by atoms with Crippen molar-refractivity contribution < 1.29 is 8.78 Å². The van der Waals surface area contributed by atoms with E-state index in [1.54, 1.807) is 12.3 Å². The normalized spacial score (nSPS) is 20.4. The van der Waals surface area contributed by atoms with Gasteiger partial charge in [-0.2, -0.15) is 0 Å². The van der Waals surface area contributed by atoms with E-state index in [0.29, 0.717) is 23.8 Å². The van der Waals surface area contributed by atoms with E-state index in [-0.39, 0.29) is 11.3 Å². The summed E-state index contributed by atoms with van der Waals surface area (Å²) in [6.07, 6.45) is 8.98. The smallest absolute Gasteiger partial charge is 0.184 e. The van der Waals surface area contributed by atoms with Gasteiger partial charge >= 0.3 is 0 Å². The Bertz CT molecular complexity index is 785. The van der Waals surface area contributed by atoms with Gasteiger partial charge in [-0.25, -0.2) is 8.78 Å². The Morgan fingerprint density at radius 2 is 1.69 bits per heavy atom. The van der Waals surface area contributed by atoms with Crippen molar-refractivity contribution in [3.05, 3.63) is 66.3 Å². The molecule has 2 aromatic carbocycles. The van der Waals surface area contributed by atoms with Gasteiger partial charge in [0.15, 0.2) is 11.6 Å². The van der Waals surface area contributed by atoms with Crippen molar-refractivity contribution in [2.24, 2.45) is 10.9 Å². The third-order valence-electron chi connectivity index (χ3n) is 5.27. The topological polar surface area (TPSA) is 12.4 Å². The van der Waals surface area contributed by atoms with E-state index >= 15 is 0 Å². The third-order valence-corrected chi connectivity index (χ3v) is 5.27. The summed E-state index contributed by atoms with van der Waals surface area (Å²) < 4.78 is 28.7. The minimum Gasteiger partial charge on any atom is -0.258 e. The van der Waals surface area contributed by atoms with Crippen LogP contribution in [0.3, 0.4) is 0 Å². The van der Waals surface area contributed by atoms with E-state index in [4.69, 9.17) is 0 Å². The molecule has 3 rings (SSSR count). The van der Waals surface area contributed by atoms with Crippen LogP contribution in [-0.2, 0) is 0 Å². The van der Waals surface area contributed by atoms with Crippen molar-refractivity contribution in [2.75, 3.05) is 0 Å². The fourth-order valence-electron chi connectivity index (χ4n) is 3.67. The molecule has 0 bridgehead atoms. The second-order valence-corrected chi connectivity index (χ2v) is 6.95. The Morgan fingerprint density at radius 3 is 2.31 bits per heavy atom. The Kier molecular flexibility index (Phi) is 5.97. The molecule has 3 heteroatoms. The highest BCUT2D eigenvalue weighted by Gasteiger charge is 2.21. The molecule has 136 valence electrons. The number of hydrogen-bond donors (Lipinski definition) is 0. The predicted octanol–water partition coefficient (Wildman–Crippen LogP) is 7.20. The summed E-state index contributed by atoms with van der Waals surface area (Å²) in [5, 5.41) is 0. The van der Waals surface area contributed by atoms with Crippen molar-refractivity contribution in [1.82, 2.24) is 0 Å². The molecule has 0 spiro atoms. The third kappa shape index (κ3) is 3.92. The van der Waals surface area contributed by atoms with E-state index in [1.807, 2.05) is 19.1 Å². The minimum absolute atomic E-state index is 0.0451. The molecule has 0 saturated heterocycles. The maximum Gasteiger partial charge on any atom is 0.184 e. The van der Waals surface area contributed by atoms with Crippen LogP contribution in [0.25, 0.3) is 11.1 Å². The first-order chi connectivity index (χ1) is 12.6. The number of nitrogens with zero attached hydrogens (tertiary/aromatic N) is 1. The molecule has 1 nitrogen and oxygen atoms in total. The summed E-state index contributed by atoms with van der Waals surface area (Å²) in [6.45, 7) is 5.79. The number of aliphatic imine (C=N–C) groups is 1. The van der Waals surface area contributed by atoms with Crippen molar-refractivity contribution >= 4 is 11.9 Å². The Labute approximate surface area is 154 Å². The van der Waals surface area contributed by atoms with Gasteiger partial charge in [0.05, 0.1) is 0 Å². The highest BCUT2D eigenvalue weighted by Crippen LogP contribution is 2.37. The van der Waals surface area contributed by atoms with Crippen LogP contribution < -0.4 is 0 Å². The van der Waals surface area contributed by atoms with Crippen molar-refractivity contribution in [2.45, 2.75) is 44.9 Å². The lowest BCUT2D eigenvalue weighted by Crippen LogP contribution is -2.11. The summed E-state index contributed by atoms with van der Waals surface area (Å²) >= 11 is 0. The van der Waals surface area contributed by atoms with Crippen LogP contribution in [-0.4, -0.2) is 6.21 Å². The molecule has 1 saturated carbocycles. The first-order valence-electron chi connectivity index (χ1n) is 9.37. The van der Waals surface area contributed by atoms with Gasteiger partial charge in [0.25, 0.3) is 0 Å². The SMILES string of the molecule is C=CC1CCC(c2ccc(-c3ccc(N=CCC)c(F)c3F)cc2)CC1. The summed E-state index contributed by atoms with van der Waals surface area (Å²) in [6, 6.07) is 11.0. The standard InChI is InChI=1S/C23H25F2N/c1-3-15-26-21-14-13-20(22(24)23(21)25)19-11-9-18(10-12-19)17-7-5-16(4-2)6-8-17/h4,9-17H,2-3,5-8H2,1H3. The van der Waals surface area contributed by atoms with Crippen molar-refractivity contribution in [3.63, 3.8) is 0 Å². The monoisotopic (exact) mass is 353 g/mol. The van der Waals surface area contributed by atoms with Crippen LogP contribution >= 0.6 is 0 Å². The van der Waals surface area contributed by atoms with E-state index in [2.05, 4.69) is 29.8 Å². The van der Waals surface area contributed by atoms with Gasteiger partial charge in [0.1, 0.15) is 5.69 Å².